The van der Waals surface area contributed by atoms with Gasteiger partial charge in [-0.1, -0.05) is 35.9 Å². The SMILES string of the molecule is Cn1cncc1C(O)(c1ccc(Cl)cc1)c1ccc2c(c1)c(-c1c(F)cccc1F)cc(=O)n2C. The zero-order valence-electron chi connectivity index (χ0n) is 18.8. The normalized spacial score (nSPS) is 13.2. The van der Waals surface area contributed by atoms with Crippen LogP contribution in [0.3, 0.4) is 0 Å². The first kappa shape index (κ1) is 23.0. The monoisotopic (exact) mass is 491 g/mol. The topological polar surface area (TPSA) is 60.0 Å². The first-order valence-corrected chi connectivity index (χ1v) is 11.1. The molecule has 1 atom stereocenters. The van der Waals surface area contributed by atoms with Crippen LogP contribution in [0.1, 0.15) is 16.8 Å². The Hall–Kier alpha value is -3.81. The maximum atomic E-state index is 14.8. The third-order valence-corrected chi connectivity index (χ3v) is 6.60. The number of rotatable bonds is 4. The van der Waals surface area contributed by atoms with Crippen molar-refractivity contribution in [2.45, 2.75) is 5.60 Å². The molecule has 2 heterocycles. The molecule has 35 heavy (non-hydrogen) atoms. The second kappa shape index (κ2) is 8.45. The summed E-state index contributed by atoms with van der Waals surface area (Å²) < 4.78 is 32.7. The summed E-state index contributed by atoms with van der Waals surface area (Å²) in [7, 11) is 3.34. The summed E-state index contributed by atoms with van der Waals surface area (Å²) in [6, 6.07) is 16.5. The summed E-state index contributed by atoms with van der Waals surface area (Å²) in [5.74, 6) is -1.57. The van der Waals surface area contributed by atoms with Gasteiger partial charge in [0.25, 0.3) is 5.56 Å². The Morgan fingerprint density at radius 1 is 0.943 bits per heavy atom. The van der Waals surface area contributed by atoms with Crippen molar-refractivity contribution in [3.63, 3.8) is 0 Å². The highest BCUT2D eigenvalue weighted by atomic mass is 35.5. The van der Waals surface area contributed by atoms with Crippen LogP contribution in [0.5, 0.6) is 0 Å². The molecule has 5 rings (SSSR count). The van der Waals surface area contributed by atoms with Crippen LogP contribution in [0.25, 0.3) is 22.0 Å². The summed E-state index contributed by atoms with van der Waals surface area (Å²) in [6.07, 6.45) is 3.12. The Morgan fingerprint density at radius 2 is 1.60 bits per heavy atom. The molecule has 0 aliphatic carbocycles. The molecular weight excluding hydrogens is 472 g/mol. The van der Waals surface area contributed by atoms with Gasteiger partial charge < -0.3 is 14.2 Å². The lowest BCUT2D eigenvalue weighted by Gasteiger charge is -2.30. The van der Waals surface area contributed by atoms with E-state index in [-0.39, 0.29) is 11.1 Å². The molecule has 0 aliphatic heterocycles. The van der Waals surface area contributed by atoms with Crippen LogP contribution >= 0.6 is 11.6 Å². The molecule has 176 valence electrons. The zero-order valence-corrected chi connectivity index (χ0v) is 19.6. The number of nitrogens with zero attached hydrogens (tertiary/aromatic N) is 3. The molecule has 0 amide bonds. The fraction of sp³-hybridized carbons (Fsp3) is 0.111. The molecule has 1 N–H and O–H groups in total. The molecule has 0 spiro atoms. The molecule has 5 aromatic rings. The van der Waals surface area contributed by atoms with E-state index < -0.39 is 22.8 Å². The summed E-state index contributed by atoms with van der Waals surface area (Å²) in [5.41, 5.74) is -0.413. The molecule has 3 aromatic carbocycles. The van der Waals surface area contributed by atoms with Gasteiger partial charge in [0.05, 0.1) is 29.3 Å². The highest BCUT2D eigenvalue weighted by molar-refractivity contribution is 6.30. The number of pyridine rings is 1. The van der Waals surface area contributed by atoms with Gasteiger partial charge in [0, 0.05) is 36.1 Å². The van der Waals surface area contributed by atoms with E-state index in [1.165, 1.54) is 16.7 Å². The molecule has 8 heteroatoms. The van der Waals surface area contributed by atoms with Crippen molar-refractivity contribution in [3.8, 4) is 11.1 Å². The van der Waals surface area contributed by atoms with Gasteiger partial charge >= 0.3 is 0 Å². The number of hydrogen-bond donors (Lipinski definition) is 1. The number of hydrogen-bond acceptors (Lipinski definition) is 3. The number of halogens is 3. The fourth-order valence-electron chi connectivity index (χ4n) is 4.51. The number of benzene rings is 3. The maximum Gasteiger partial charge on any atom is 0.251 e. The minimum Gasteiger partial charge on any atom is -0.374 e. The molecule has 0 saturated carbocycles. The minimum absolute atomic E-state index is 0.101. The smallest absolute Gasteiger partial charge is 0.251 e. The van der Waals surface area contributed by atoms with E-state index in [1.54, 1.807) is 73.7 Å². The van der Waals surface area contributed by atoms with E-state index in [1.807, 2.05) is 0 Å². The van der Waals surface area contributed by atoms with E-state index >= 15 is 0 Å². The van der Waals surface area contributed by atoms with Gasteiger partial charge in [-0.2, -0.15) is 0 Å². The van der Waals surface area contributed by atoms with Gasteiger partial charge in [0.1, 0.15) is 11.6 Å². The van der Waals surface area contributed by atoms with Crippen molar-refractivity contribution in [1.82, 2.24) is 14.1 Å². The van der Waals surface area contributed by atoms with Crippen molar-refractivity contribution in [1.29, 1.82) is 0 Å². The zero-order chi connectivity index (χ0) is 24.9. The van der Waals surface area contributed by atoms with Gasteiger partial charge in [0.15, 0.2) is 5.60 Å². The highest BCUT2D eigenvalue weighted by Gasteiger charge is 2.37. The van der Waals surface area contributed by atoms with Crippen molar-refractivity contribution in [2.75, 3.05) is 0 Å². The largest absolute Gasteiger partial charge is 0.374 e. The van der Waals surface area contributed by atoms with Crippen molar-refractivity contribution < 1.29 is 13.9 Å². The molecule has 0 aliphatic rings. The molecule has 5 nitrogen and oxygen atoms in total. The van der Waals surface area contributed by atoms with Crippen molar-refractivity contribution in [2.24, 2.45) is 14.1 Å². The Labute approximate surface area is 204 Å². The molecular formula is C27H20ClF2N3O2. The molecule has 0 fully saturated rings. The fourth-order valence-corrected chi connectivity index (χ4v) is 4.63. The lowest BCUT2D eigenvalue weighted by molar-refractivity contribution is 0.117. The van der Waals surface area contributed by atoms with Crippen LogP contribution in [-0.2, 0) is 19.7 Å². The lowest BCUT2D eigenvalue weighted by Crippen LogP contribution is -2.31. The van der Waals surface area contributed by atoms with Crippen LogP contribution in [0.4, 0.5) is 8.78 Å². The van der Waals surface area contributed by atoms with E-state index in [4.69, 9.17) is 11.6 Å². The third kappa shape index (κ3) is 3.64. The number of aliphatic hydroxyl groups is 1. The van der Waals surface area contributed by atoms with Gasteiger partial charge in [-0.3, -0.25) is 4.79 Å². The Balaban J connectivity index is 1.87. The van der Waals surface area contributed by atoms with Crippen LogP contribution in [0.15, 0.2) is 84.0 Å². The quantitative estimate of drug-likeness (QED) is 0.378. The first-order valence-electron chi connectivity index (χ1n) is 10.8. The Bertz CT molecular complexity index is 1620. The van der Waals surface area contributed by atoms with Crippen LogP contribution in [0, 0.1) is 11.6 Å². The standard InChI is InChI=1S/C27H20ClF2N3O2/c1-32-15-31-14-24(32)27(35,16-6-9-18(28)10-7-16)17-8-11-23-19(12-17)20(13-25(34)33(23)2)26-21(29)4-3-5-22(26)30/h3-15,35H,1-2H3. The molecule has 0 bridgehead atoms. The van der Waals surface area contributed by atoms with E-state index in [0.717, 1.165) is 12.1 Å². The predicted molar refractivity (Wildman–Crippen MR) is 131 cm³/mol. The van der Waals surface area contributed by atoms with Gasteiger partial charge in [-0.25, -0.2) is 13.8 Å². The Morgan fingerprint density at radius 3 is 2.23 bits per heavy atom. The first-order chi connectivity index (χ1) is 16.7. The minimum atomic E-state index is -1.68. The summed E-state index contributed by atoms with van der Waals surface area (Å²) >= 11 is 6.09. The molecule has 0 radical (unpaired) electrons. The lowest BCUT2D eigenvalue weighted by atomic mass is 9.82. The average Bonchev–Trinajstić information content (AvgIpc) is 3.28. The number of imidazole rings is 1. The molecule has 1 unspecified atom stereocenters. The van der Waals surface area contributed by atoms with E-state index in [2.05, 4.69) is 4.98 Å². The highest BCUT2D eigenvalue weighted by Crippen LogP contribution is 2.40. The average molecular weight is 492 g/mol. The van der Waals surface area contributed by atoms with Crippen molar-refractivity contribution in [3.05, 3.63) is 123 Å². The summed E-state index contributed by atoms with van der Waals surface area (Å²) in [6.45, 7) is 0. The second-order valence-corrected chi connectivity index (χ2v) is 8.83. The van der Waals surface area contributed by atoms with Crippen LogP contribution in [-0.4, -0.2) is 19.2 Å². The van der Waals surface area contributed by atoms with Crippen molar-refractivity contribution >= 4 is 22.5 Å². The number of aryl methyl sites for hydroxylation is 2. The second-order valence-electron chi connectivity index (χ2n) is 8.39. The predicted octanol–water partition coefficient (Wildman–Crippen LogP) is 5.15. The molecule has 2 aromatic heterocycles. The van der Waals surface area contributed by atoms with Gasteiger partial charge in [-0.05, 0) is 47.5 Å². The maximum absolute atomic E-state index is 14.8. The Kier molecular flexibility index (Phi) is 5.54. The van der Waals surface area contributed by atoms with Crippen LogP contribution < -0.4 is 5.56 Å². The molecule has 0 saturated heterocycles. The third-order valence-electron chi connectivity index (χ3n) is 6.35. The number of aromatic nitrogens is 3. The van der Waals surface area contributed by atoms with Gasteiger partial charge in [-0.15, -0.1) is 0 Å². The summed E-state index contributed by atoms with van der Waals surface area (Å²) in [5, 5.41) is 13.1. The van der Waals surface area contributed by atoms with E-state index in [9.17, 15) is 18.7 Å². The van der Waals surface area contributed by atoms with Crippen LogP contribution in [0.2, 0.25) is 5.02 Å². The number of fused-ring (bicyclic) bond motifs is 1. The van der Waals surface area contributed by atoms with E-state index in [0.29, 0.717) is 32.7 Å². The van der Waals surface area contributed by atoms with Gasteiger partial charge in [0.2, 0.25) is 0 Å². The summed E-state index contributed by atoms with van der Waals surface area (Å²) in [4.78, 5) is 16.8.